The van der Waals surface area contributed by atoms with Gasteiger partial charge in [-0.1, -0.05) is 24.3 Å². The van der Waals surface area contributed by atoms with E-state index in [-0.39, 0.29) is 10.8 Å². The number of ether oxygens (including phenoxy) is 2. The molecule has 0 unspecified atom stereocenters. The van der Waals surface area contributed by atoms with E-state index in [1.165, 1.54) is 24.3 Å². The minimum atomic E-state index is -3.77. The molecule has 0 radical (unpaired) electrons. The lowest BCUT2D eigenvalue weighted by atomic mass is 10.1. The molecule has 1 atom stereocenters. The number of para-hydroxylation sites is 1. The number of anilines is 2. The van der Waals surface area contributed by atoms with Gasteiger partial charge in [-0.2, -0.15) is 0 Å². The summed E-state index contributed by atoms with van der Waals surface area (Å²) in [6.07, 6.45) is -0.767. The Balaban J connectivity index is 1.66. The van der Waals surface area contributed by atoms with Gasteiger partial charge < -0.3 is 14.8 Å². The predicted molar refractivity (Wildman–Crippen MR) is 125 cm³/mol. The normalized spacial score (nSPS) is 12.0. The number of rotatable bonds is 8. The van der Waals surface area contributed by atoms with E-state index in [0.717, 1.165) is 11.1 Å². The number of aryl methyl sites for hydroxylation is 2. The second-order valence-electron chi connectivity index (χ2n) is 7.32. The molecule has 0 aliphatic carbocycles. The SMILES string of the molecule is COc1cccc(O[C@H](C)C(=O)Nc2ccc(S(=O)(=O)Nc3c(C)cccc3C)cc2)c1. The van der Waals surface area contributed by atoms with E-state index in [1.807, 2.05) is 32.0 Å². The first-order valence-corrected chi connectivity index (χ1v) is 11.5. The Labute approximate surface area is 188 Å². The van der Waals surface area contributed by atoms with Gasteiger partial charge in [-0.05, 0) is 68.3 Å². The van der Waals surface area contributed by atoms with Crippen molar-refractivity contribution in [1.29, 1.82) is 0 Å². The summed E-state index contributed by atoms with van der Waals surface area (Å²) in [5, 5.41) is 2.73. The van der Waals surface area contributed by atoms with Gasteiger partial charge in [0.25, 0.3) is 15.9 Å². The summed E-state index contributed by atoms with van der Waals surface area (Å²) in [7, 11) is -2.21. The highest BCUT2D eigenvalue weighted by Gasteiger charge is 2.18. The molecule has 8 heteroatoms. The molecular formula is C24H26N2O5S. The number of nitrogens with one attached hydrogen (secondary N) is 2. The van der Waals surface area contributed by atoms with Crippen LogP contribution in [0.5, 0.6) is 11.5 Å². The van der Waals surface area contributed by atoms with E-state index < -0.39 is 16.1 Å². The fourth-order valence-corrected chi connectivity index (χ4v) is 4.27. The minimum Gasteiger partial charge on any atom is -0.497 e. The first-order valence-electron chi connectivity index (χ1n) is 10.0. The van der Waals surface area contributed by atoms with Crippen LogP contribution in [0.2, 0.25) is 0 Å². The second kappa shape index (κ2) is 9.74. The van der Waals surface area contributed by atoms with Crippen LogP contribution in [-0.2, 0) is 14.8 Å². The lowest BCUT2D eigenvalue weighted by Gasteiger charge is -2.16. The van der Waals surface area contributed by atoms with Crippen molar-refractivity contribution in [2.75, 3.05) is 17.1 Å². The van der Waals surface area contributed by atoms with Gasteiger partial charge >= 0.3 is 0 Å². The zero-order valence-corrected chi connectivity index (χ0v) is 19.2. The first kappa shape index (κ1) is 23.1. The van der Waals surface area contributed by atoms with Gasteiger partial charge in [-0.15, -0.1) is 0 Å². The highest BCUT2D eigenvalue weighted by molar-refractivity contribution is 7.92. The highest BCUT2D eigenvalue weighted by Crippen LogP contribution is 2.24. The van der Waals surface area contributed by atoms with Crippen LogP contribution in [0.4, 0.5) is 11.4 Å². The smallest absolute Gasteiger partial charge is 0.265 e. The first-order chi connectivity index (χ1) is 15.2. The highest BCUT2D eigenvalue weighted by atomic mass is 32.2. The molecule has 0 saturated heterocycles. The third-order valence-corrected chi connectivity index (χ3v) is 6.24. The summed E-state index contributed by atoms with van der Waals surface area (Å²) in [5.41, 5.74) is 2.69. The number of benzene rings is 3. The average molecular weight is 455 g/mol. The molecule has 3 aromatic rings. The molecular weight excluding hydrogens is 428 g/mol. The van der Waals surface area contributed by atoms with Gasteiger partial charge in [-0.3, -0.25) is 9.52 Å². The molecule has 32 heavy (non-hydrogen) atoms. The predicted octanol–water partition coefficient (Wildman–Crippen LogP) is 4.52. The van der Waals surface area contributed by atoms with Crippen LogP contribution < -0.4 is 19.5 Å². The molecule has 2 N–H and O–H groups in total. The maximum Gasteiger partial charge on any atom is 0.265 e. The molecule has 0 heterocycles. The molecule has 3 aromatic carbocycles. The summed E-state index contributed by atoms with van der Waals surface area (Å²) >= 11 is 0. The summed E-state index contributed by atoms with van der Waals surface area (Å²) in [6, 6.07) is 18.5. The van der Waals surface area contributed by atoms with Crippen molar-refractivity contribution in [3.63, 3.8) is 0 Å². The van der Waals surface area contributed by atoms with Crippen LogP contribution in [0.1, 0.15) is 18.1 Å². The number of sulfonamides is 1. The van der Waals surface area contributed by atoms with Gasteiger partial charge in [0.05, 0.1) is 17.7 Å². The van der Waals surface area contributed by atoms with Crippen LogP contribution in [-0.4, -0.2) is 27.5 Å². The van der Waals surface area contributed by atoms with Crippen molar-refractivity contribution in [3.05, 3.63) is 77.9 Å². The molecule has 0 bridgehead atoms. The lowest BCUT2D eigenvalue weighted by Crippen LogP contribution is -2.30. The van der Waals surface area contributed by atoms with E-state index in [2.05, 4.69) is 10.0 Å². The number of hydrogen-bond donors (Lipinski definition) is 2. The maximum absolute atomic E-state index is 12.8. The van der Waals surface area contributed by atoms with E-state index in [1.54, 1.807) is 38.3 Å². The number of carbonyl (C=O) groups excluding carboxylic acids is 1. The Morgan fingerprint density at radius 3 is 2.12 bits per heavy atom. The van der Waals surface area contributed by atoms with Crippen LogP contribution in [0, 0.1) is 13.8 Å². The standard InChI is InChI=1S/C24H26N2O5S/c1-16-7-5-8-17(2)23(16)26-32(28,29)22-13-11-19(12-14-22)25-24(27)18(3)31-21-10-6-9-20(15-21)30-4/h5-15,18,26H,1-4H3,(H,25,27)/t18-/m1/s1. The molecule has 1 amide bonds. The Morgan fingerprint density at radius 1 is 0.906 bits per heavy atom. The van der Waals surface area contributed by atoms with Crippen molar-refractivity contribution in [2.24, 2.45) is 0 Å². The van der Waals surface area contributed by atoms with Gasteiger partial charge in [0.15, 0.2) is 6.10 Å². The molecule has 0 spiro atoms. The average Bonchev–Trinajstić information content (AvgIpc) is 2.77. The van der Waals surface area contributed by atoms with Gasteiger partial charge in [-0.25, -0.2) is 8.42 Å². The monoisotopic (exact) mass is 454 g/mol. The van der Waals surface area contributed by atoms with Gasteiger partial charge in [0, 0.05) is 11.8 Å². The molecule has 168 valence electrons. The fourth-order valence-electron chi connectivity index (χ4n) is 3.06. The lowest BCUT2D eigenvalue weighted by molar-refractivity contribution is -0.122. The Hall–Kier alpha value is -3.52. The van der Waals surface area contributed by atoms with Crippen molar-refractivity contribution in [3.8, 4) is 11.5 Å². The summed E-state index contributed by atoms with van der Waals surface area (Å²) in [6.45, 7) is 5.32. The third kappa shape index (κ3) is 5.59. The van der Waals surface area contributed by atoms with Crippen LogP contribution in [0.15, 0.2) is 71.6 Å². The number of methoxy groups -OCH3 is 1. The molecule has 0 aromatic heterocycles. The third-order valence-electron chi connectivity index (χ3n) is 4.87. The van der Waals surface area contributed by atoms with Crippen molar-refractivity contribution < 1.29 is 22.7 Å². The second-order valence-corrected chi connectivity index (χ2v) is 9.01. The van der Waals surface area contributed by atoms with Gasteiger partial charge in [0.1, 0.15) is 11.5 Å². The van der Waals surface area contributed by atoms with Crippen LogP contribution in [0.25, 0.3) is 0 Å². The van der Waals surface area contributed by atoms with E-state index in [9.17, 15) is 13.2 Å². The van der Waals surface area contributed by atoms with E-state index in [4.69, 9.17) is 9.47 Å². The van der Waals surface area contributed by atoms with Crippen molar-refractivity contribution in [2.45, 2.75) is 31.8 Å². The van der Waals surface area contributed by atoms with Crippen molar-refractivity contribution >= 4 is 27.3 Å². The van der Waals surface area contributed by atoms with E-state index >= 15 is 0 Å². The molecule has 7 nitrogen and oxygen atoms in total. The summed E-state index contributed by atoms with van der Waals surface area (Å²) in [4.78, 5) is 12.6. The molecule has 3 rings (SSSR count). The van der Waals surface area contributed by atoms with Crippen LogP contribution in [0.3, 0.4) is 0 Å². The maximum atomic E-state index is 12.8. The molecule has 0 aliphatic rings. The number of amides is 1. The summed E-state index contributed by atoms with van der Waals surface area (Å²) in [5.74, 6) is 0.768. The summed E-state index contributed by atoms with van der Waals surface area (Å²) < 4.78 is 39.0. The fraction of sp³-hybridized carbons (Fsp3) is 0.208. The topological polar surface area (TPSA) is 93.7 Å². The Bertz CT molecular complexity index is 1190. The molecule has 0 saturated carbocycles. The minimum absolute atomic E-state index is 0.0961. The molecule has 0 aliphatic heterocycles. The zero-order chi connectivity index (χ0) is 23.3. The molecule has 0 fully saturated rings. The van der Waals surface area contributed by atoms with Crippen LogP contribution >= 0.6 is 0 Å². The van der Waals surface area contributed by atoms with Crippen molar-refractivity contribution in [1.82, 2.24) is 0 Å². The quantitative estimate of drug-likeness (QED) is 0.522. The largest absolute Gasteiger partial charge is 0.497 e. The Morgan fingerprint density at radius 2 is 1.50 bits per heavy atom. The Kier molecular flexibility index (Phi) is 7.05. The van der Waals surface area contributed by atoms with E-state index in [0.29, 0.717) is 22.9 Å². The zero-order valence-electron chi connectivity index (χ0n) is 18.4. The number of hydrogen-bond acceptors (Lipinski definition) is 5. The van der Waals surface area contributed by atoms with Gasteiger partial charge in [0.2, 0.25) is 0 Å². The number of carbonyl (C=O) groups is 1.